The SMILES string of the molecule is COc1ccc2nccc(NC(=O)C3CCC(NCc4ccc5c(n4)NC(=O)CO5)CC3)c2n1. The Hall–Kier alpha value is -3.79. The highest BCUT2D eigenvalue weighted by Gasteiger charge is 2.27. The van der Waals surface area contributed by atoms with Crippen molar-refractivity contribution in [1.29, 1.82) is 0 Å². The summed E-state index contributed by atoms with van der Waals surface area (Å²) in [6.07, 6.45) is 5.05. The number of amides is 2. The maximum Gasteiger partial charge on any atom is 0.263 e. The Morgan fingerprint density at radius 1 is 1.15 bits per heavy atom. The molecule has 10 heteroatoms. The largest absolute Gasteiger partial charge is 0.481 e. The molecule has 0 radical (unpaired) electrons. The van der Waals surface area contributed by atoms with Crippen molar-refractivity contribution in [2.75, 3.05) is 24.4 Å². The van der Waals surface area contributed by atoms with E-state index in [1.54, 1.807) is 25.4 Å². The number of carbonyl (C=O) groups excluding carboxylic acids is 2. The number of pyridine rings is 3. The van der Waals surface area contributed by atoms with Crippen LogP contribution in [-0.4, -0.2) is 46.5 Å². The van der Waals surface area contributed by atoms with Gasteiger partial charge in [-0.05, 0) is 49.9 Å². The smallest absolute Gasteiger partial charge is 0.263 e. The van der Waals surface area contributed by atoms with Gasteiger partial charge in [-0.1, -0.05) is 0 Å². The van der Waals surface area contributed by atoms with E-state index in [9.17, 15) is 9.59 Å². The van der Waals surface area contributed by atoms with Crippen molar-refractivity contribution in [3.05, 3.63) is 42.2 Å². The Morgan fingerprint density at radius 2 is 2.00 bits per heavy atom. The Balaban J connectivity index is 1.14. The molecule has 1 fully saturated rings. The van der Waals surface area contributed by atoms with Crippen molar-refractivity contribution in [3.63, 3.8) is 0 Å². The van der Waals surface area contributed by atoms with E-state index in [0.29, 0.717) is 46.8 Å². The van der Waals surface area contributed by atoms with Gasteiger partial charge in [-0.3, -0.25) is 14.6 Å². The van der Waals surface area contributed by atoms with Crippen molar-refractivity contribution in [3.8, 4) is 11.6 Å². The van der Waals surface area contributed by atoms with Gasteiger partial charge in [0, 0.05) is 30.8 Å². The third kappa shape index (κ3) is 4.76. The molecule has 0 aromatic carbocycles. The molecule has 1 aliphatic heterocycles. The first kappa shape index (κ1) is 22.0. The van der Waals surface area contributed by atoms with Gasteiger partial charge in [0.2, 0.25) is 11.8 Å². The van der Waals surface area contributed by atoms with Crippen LogP contribution >= 0.6 is 0 Å². The van der Waals surface area contributed by atoms with E-state index in [-0.39, 0.29) is 24.3 Å². The molecule has 3 aromatic heterocycles. The number of carbonyl (C=O) groups is 2. The van der Waals surface area contributed by atoms with Crippen LogP contribution in [0, 0.1) is 5.92 Å². The summed E-state index contributed by atoms with van der Waals surface area (Å²) in [6, 6.07) is 9.36. The Kier molecular flexibility index (Phi) is 6.22. The van der Waals surface area contributed by atoms with Gasteiger partial charge < -0.3 is 25.4 Å². The minimum absolute atomic E-state index is 0.00247. The number of fused-ring (bicyclic) bond motifs is 2. The lowest BCUT2D eigenvalue weighted by Crippen LogP contribution is -2.36. The minimum atomic E-state index is -0.198. The number of anilines is 2. The molecule has 0 atom stereocenters. The fourth-order valence-electron chi connectivity index (χ4n) is 4.37. The van der Waals surface area contributed by atoms with Crippen LogP contribution in [0.3, 0.4) is 0 Å². The lowest BCUT2D eigenvalue weighted by Gasteiger charge is -2.28. The fourth-order valence-corrected chi connectivity index (χ4v) is 4.37. The number of rotatable bonds is 6. The number of ether oxygens (including phenoxy) is 2. The molecule has 5 rings (SSSR count). The highest BCUT2D eigenvalue weighted by molar-refractivity contribution is 6.00. The van der Waals surface area contributed by atoms with Gasteiger partial charge in [0.1, 0.15) is 5.52 Å². The molecule has 0 bridgehead atoms. The maximum atomic E-state index is 12.9. The van der Waals surface area contributed by atoms with Gasteiger partial charge in [-0.2, -0.15) is 0 Å². The van der Waals surface area contributed by atoms with Crippen LogP contribution in [0.1, 0.15) is 31.4 Å². The third-order valence-electron chi connectivity index (χ3n) is 6.23. The van der Waals surface area contributed by atoms with Gasteiger partial charge in [0.25, 0.3) is 5.91 Å². The maximum absolute atomic E-state index is 12.9. The van der Waals surface area contributed by atoms with Crippen LogP contribution in [0.2, 0.25) is 0 Å². The van der Waals surface area contributed by atoms with E-state index < -0.39 is 0 Å². The van der Waals surface area contributed by atoms with E-state index >= 15 is 0 Å². The minimum Gasteiger partial charge on any atom is -0.481 e. The van der Waals surface area contributed by atoms with E-state index in [2.05, 4.69) is 30.9 Å². The van der Waals surface area contributed by atoms with Crippen molar-refractivity contribution in [1.82, 2.24) is 20.3 Å². The van der Waals surface area contributed by atoms with Crippen molar-refractivity contribution >= 4 is 34.4 Å². The summed E-state index contributed by atoms with van der Waals surface area (Å²) in [4.78, 5) is 37.7. The monoisotopic (exact) mass is 462 g/mol. The highest BCUT2D eigenvalue weighted by atomic mass is 16.5. The van der Waals surface area contributed by atoms with Crippen molar-refractivity contribution < 1.29 is 19.1 Å². The van der Waals surface area contributed by atoms with E-state index in [4.69, 9.17) is 9.47 Å². The lowest BCUT2D eigenvalue weighted by atomic mass is 9.85. The molecule has 3 aromatic rings. The zero-order valence-corrected chi connectivity index (χ0v) is 18.8. The van der Waals surface area contributed by atoms with Crippen LogP contribution in [0.4, 0.5) is 11.5 Å². The summed E-state index contributed by atoms with van der Waals surface area (Å²) in [7, 11) is 1.56. The molecule has 1 aliphatic carbocycles. The molecule has 2 amide bonds. The standard InChI is InChI=1S/C24H26N6O4/c1-33-21-9-7-17-22(30-21)18(10-11-25-17)28-24(32)14-2-4-15(5-3-14)26-12-16-6-8-19-23(27-16)29-20(31)13-34-19/h6-11,14-15,26H,2-5,12-13H2,1H3,(H,25,28,32)(H,27,29,31). The number of hydrogen-bond acceptors (Lipinski definition) is 8. The second-order valence-corrected chi connectivity index (χ2v) is 8.48. The molecule has 0 saturated heterocycles. The number of aromatic nitrogens is 3. The van der Waals surface area contributed by atoms with Gasteiger partial charge in [-0.25, -0.2) is 9.97 Å². The molecule has 176 valence electrons. The molecule has 34 heavy (non-hydrogen) atoms. The number of methoxy groups -OCH3 is 1. The fraction of sp³-hybridized carbons (Fsp3) is 0.375. The predicted octanol–water partition coefficient (Wildman–Crippen LogP) is 2.65. The molecule has 0 unspecified atom stereocenters. The topological polar surface area (TPSA) is 127 Å². The molecular formula is C24H26N6O4. The first-order valence-corrected chi connectivity index (χ1v) is 11.4. The molecular weight excluding hydrogens is 436 g/mol. The van der Waals surface area contributed by atoms with Crippen molar-refractivity contribution in [2.24, 2.45) is 5.92 Å². The van der Waals surface area contributed by atoms with Gasteiger partial charge in [0.05, 0.1) is 24.0 Å². The normalized spacial score (nSPS) is 19.6. The third-order valence-corrected chi connectivity index (χ3v) is 6.23. The molecule has 4 heterocycles. The van der Waals surface area contributed by atoms with Gasteiger partial charge in [-0.15, -0.1) is 0 Å². The molecule has 3 N–H and O–H groups in total. The average molecular weight is 463 g/mol. The summed E-state index contributed by atoms with van der Waals surface area (Å²) in [5.41, 5.74) is 2.79. The van der Waals surface area contributed by atoms with Crippen LogP contribution in [0.25, 0.3) is 11.0 Å². The Bertz CT molecular complexity index is 1230. The van der Waals surface area contributed by atoms with Crippen LogP contribution in [0.15, 0.2) is 36.5 Å². The Morgan fingerprint density at radius 3 is 2.82 bits per heavy atom. The first-order chi connectivity index (χ1) is 16.6. The van der Waals surface area contributed by atoms with Crippen LogP contribution < -0.4 is 25.4 Å². The van der Waals surface area contributed by atoms with Gasteiger partial charge in [0.15, 0.2) is 18.2 Å². The summed E-state index contributed by atoms with van der Waals surface area (Å²) < 4.78 is 10.6. The van der Waals surface area contributed by atoms with Gasteiger partial charge >= 0.3 is 0 Å². The highest BCUT2D eigenvalue weighted by Crippen LogP contribution is 2.29. The summed E-state index contributed by atoms with van der Waals surface area (Å²) in [6.45, 7) is 0.604. The lowest BCUT2D eigenvalue weighted by molar-refractivity contribution is -0.121. The second kappa shape index (κ2) is 9.60. The first-order valence-electron chi connectivity index (χ1n) is 11.4. The average Bonchev–Trinajstić information content (AvgIpc) is 2.87. The quantitative estimate of drug-likeness (QED) is 0.510. The van der Waals surface area contributed by atoms with E-state index in [1.165, 1.54) is 0 Å². The Labute approximate surface area is 196 Å². The van der Waals surface area contributed by atoms with E-state index in [0.717, 1.165) is 31.4 Å². The number of nitrogens with zero attached hydrogens (tertiary/aromatic N) is 3. The molecule has 10 nitrogen and oxygen atoms in total. The van der Waals surface area contributed by atoms with Crippen LogP contribution in [0.5, 0.6) is 11.6 Å². The molecule has 1 saturated carbocycles. The number of hydrogen-bond donors (Lipinski definition) is 3. The summed E-state index contributed by atoms with van der Waals surface area (Å²) >= 11 is 0. The molecule has 2 aliphatic rings. The summed E-state index contributed by atoms with van der Waals surface area (Å²) in [5.74, 6) is 1.28. The second-order valence-electron chi connectivity index (χ2n) is 8.48. The predicted molar refractivity (Wildman–Crippen MR) is 126 cm³/mol. The zero-order valence-electron chi connectivity index (χ0n) is 18.8. The van der Waals surface area contributed by atoms with Crippen LogP contribution in [-0.2, 0) is 16.1 Å². The number of nitrogens with one attached hydrogen (secondary N) is 3. The zero-order chi connectivity index (χ0) is 23.5. The molecule has 0 spiro atoms. The van der Waals surface area contributed by atoms with E-state index in [1.807, 2.05) is 18.2 Å². The van der Waals surface area contributed by atoms with Crippen molar-refractivity contribution in [2.45, 2.75) is 38.3 Å². The summed E-state index contributed by atoms with van der Waals surface area (Å²) in [5, 5.41) is 9.29.